The van der Waals surface area contributed by atoms with E-state index < -0.39 is 6.03 Å². The van der Waals surface area contributed by atoms with Gasteiger partial charge in [-0.3, -0.25) is 0 Å². The molecule has 0 saturated heterocycles. The van der Waals surface area contributed by atoms with Gasteiger partial charge in [-0.15, -0.1) is 0 Å². The Hall–Kier alpha value is -3.01. The maximum absolute atomic E-state index is 14.5. The lowest BCUT2D eigenvalue weighted by Gasteiger charge is -2.41. The Morgan fingerprint density at radius 3 is 2.83 bits per heavy atom. The average molecular weight is 407 g/mol. The fourth-order valence-electron chi connectivity index (χ4n) is 5.63. The Labute approximate surface area is 175 Å². The zero-order valence-electron chi connectivity index (χ0n) is 17.6. The SMILES string of the molecule is Cc1cccc(F)c1-c1cc2c(nn1)[C@@]1(CN(CCC#N)C(N)=O)CC[C@@H]2C1(C)C. The quantitative estimate of drug-likeness (QED) is 0.809. The van der Waals surface area contributed by atoms with Gasteiger partial charge in [-0.05, 0) is 54.4 Å². The first-order valence-electron chi connectivity index (χ1n) is 10.3. The molecular formula is C23H26FN5O. The van der Waals surface area contributed by atoms with Gasteiger partial charge >= 0.3 is 6.03 Å². The molecule has 1 heterocycles. The molecule has 0 radical (unpaired) electrons. The number of primary amides is 1. The molecule has 1 fully saturated rings. The van der Waals surface area contributed by atoms with Crippen molar-refractivity contribution >= 4 is 6.03 Å². The number of carbonyl (C=O) groups excluding carboxylic acids is 1. The highest BCUT2D eigenvalue weighted by atomic mass is 19.1. The summed E-state index contributed by atoms with van der Waals surface area (Å²) in [5.74, 6) is -0.0580. The molecule has 1 aromatic carbocycles. The average Bonchev–Trinajstić information content (AvgIpc) is 3.05. The summed E-state index contributed by atoms with van der Waals surface area (Å²) in [7, 11) is 0. The van der Waals surface area contributed by atoms with Gasteiger partial charge < -0.3 is 10.6 Å². The first kappa shape index (κ1) is 20.3. The van der Waals surface area contributed by atoms with E-state index in [1.54, 1.807) is 11.0 Å². The van der Waals surface area contributed by atoms with Gasteiger partial charge in [0, 0.05) is 24.1 Å². The number of aryl methyl sites for hydroxylation is 1. The van der Waals surface area contributed by atoms with Crippen molar-refractivity contribution in [2.24, 2.45) is 11.1 Å². The second-order valence-electron chi connectivity index (χ2n) is 9.03. The maximum atomic E-state index is 14.5. The van der Waals surface area contributed by atoms with Crippen molar-refractivity contribution in [1.29, 1.82) is 5.26 Å². The first-order valence-corrected chi connectivity index (χ1v) is 10.3. The van der Waals surface area contributed by atoms with E-state index in [1.165, 1.54) is 6.07 Å². The summed E-state index contributed by atoms with van der Waals surface area (Å²) in [5, 5.41) is 18.0. The Kier molecular flexibility index (Phi) is 4.76. The third-order valence-corrected chi connectivity index (χ3v) is 7.36. The van der Waals surface area contributed by atoms with Gasteiger partial charge in [0.1, 0.15) is 5.82 Å². The molecule has 2 aliphatic rings. The summed E-state index contributed by atoms with van der Waals surface area (Å²) >= 11 is 0. The van der Waals surface area contributed by atoms with Crippen LogP contribution in [0.1, 0.15) is 55.8 Å². The molecule has 0 spiro atoms. The third kappa shape index (κ3) is 2.78. The molecule has 2 amide bonds. The number of hydrogen-bond acceptors (Lipinski definition) is 4. The molecule has 156 valence electrons. The van der Waals surface area contributed by atoms with Crippen LogP contribution in [0.2, 0.25) is 0 Å². The van der Waals surface area contributed by atoms with Crippen molar-refractivity contribution in [3.05, 3.63) is 46.9 Å². The molecular weight excluding hydrogens is 381 g/mol. The van der Waals surface area contributed by atoms with E-state index in [0.29, 0.717) is 24.3 Å². The highest BCUT2D eigenvalue weighted by Gasteiger charge is 2.64. The van der Waals surface area contributed by atoms with Gasteiger partial charge in [0.15, 0.2) is 0 Å². The summed E-state index contributed by atoms with van der Waals surface area (Å²) in [6.45, 7) is 6.97. The summed E-state index contributed by atoms with van der Waals surface area (Å²) in [6, 6.07) is 8.52. The second-order valence-corrected chi connectivity index (χ2v) is 9.03. The lowest BCUT2D eigenvalue weighted by atomic mass is 9.68. The van der Waals surface area contributed by atoms with E-state index in [9.17, 15) is 9.18 Å². The zero-order valence-corrected chi connectivity index (χ0v) is 17.6. The highest BCUT2D eigenvalue weighted by Crippen LogP contribution is 2.67. The van der Waals surface area contributed by atoms with Crippen molar-refractivity contribution in [3.8, 4) is 17.3 Å². The van der Waals surface area contributed by atoms with Crippen LogP contribution < -0.4 is 5.73 Å². The van der Waals surface area contributed by atoms with Crippen LogP contribution in [0.15, 0.2) is 24.3 Å². The van der Waals surface area contributed by atoms with Crippen LogP contribution >= 0.6 is 0 Å². The van der Waals surface area contributed by atoms with Crippen molar-refractivity contribution in [3.63, 3.8) is 0 Å². The Balaban J connectivity index is 1.79. The third-order valence-electron chi connectivity index (χ3n) is 7.36. The Morgan fingerprint density at radius 2 is 2.17 bits per heavy atom. The van der Waals surface area contributed by atoms with E-state index in [-0.39, 0.29) is 29.0 Å². The summed E-state index contributed by atoms with van der Waals surface area (Å²) in [6.07, 6.45) is 2.07. The van der Waals surface area contributed by atoms with Crippen LogP contribution in [0.25, 0.3) is 11.3 Å². The number of amides is 2. The highest BCUT2D eigenvalue weighted by molar-refractivity contribution is 5.72. The molecule has 0 aliphatic heterocycles. The Bertz CT molecular complexity index is 1040. The predicted octanol–water partition coefficient (Wildman–Crippen LogP) is 4.04. The lowest BCUT2D eigenvalue weighted by Crippen LogP contribution is -2.50. The van der Waals surface area contributed by atoms with E-state index >= 15 is 0 Å². The molecule has 2 bridgehead atoms. The smallest absolute Gasteiger partial charge is 0.314 e. The minimum absolute atomic E-state index is 0.159. The van der Waals surface area contributed by atoms with Crippen molar-refractivity contribution in [2.75, 3.05) is 13.1 Å². The van der Waals surface area contributed by atoms with Gasteiger partial charge in [-0.2, -0.15) is 15.5 Å². The number of aromatic nitrogens is 2. The molecule has 2 N–H and O–H groups in total. The number of urea groups is 1. The van der Waals surface area contributed by atoms with E-state index in [4.69, 9.17) is 11.0 Å². The summed E-state index contributed by atoms with van der Waals surface area (Å²) in [4.78, 5) is 13.6. The lowest BCUT2D eigenvalue weighted by molar-refractivity contribution is 0.138. The molecule has 2 atom stereocenters. The predicted molar refractivity (Wildman–Crippen MR) is 111 cm³/mol. The van der Waals surface area contributed by atoms with Gasteiger partial charge in [-0.25, -0.2) is 9.18 Å². The standard InChI is InChI=1S/C23H26FN5O/c1-14-6-4-7-17(24)19(14)18-12-15-16-8-9-23(22(16,2)3,20(15)28-27-18)13-29(21(26)30)11-5-10-25/h4,6-7,12,16H,5,8-9,11,13H2,1-3H3,(H2,26,30)/t16-,23-/m0/s1. The number of benzene rings is 1. The molecule has 1 aromatic heterocycles. The molecule has 7 heteroatoms. The maximum Gasteiger partial charge on any atom is 0.314 e. The van der Waals surface area contributed by atoms with E-state index in [2.05, 4.69) is 30.1 Å². The molecule has 4 rings (SSSR count). The molecule has 30 heavy (non-hydrogen) atoms. The van der Waals surface area contributed by atoms with Gasteiger partial charge in [0.05, 0.1) is 23.9 Å². The number of rotatable bonds is 5. The minimum atomic E-state index is -0.529. The number of halogens is 1. The number of carbonyl (C=O) groups is 1. The van der Waals surface area contributed by atoms with Crippen LogP contribution in [-0.2, 0) is 5.41 Å². The largest absolute Gasteiger partial charge is 0.351 e. The molecule has 0 unspecified atom stereocenters. The monoisotopic (exact) mass is 407 g/mol. The number of nitrogens with two attached hydrogens (primary N) is 1. The number of nitrogens with zero attached hydrogens (tertiary/aromatic N) is 4. The van der Waals surface area contributed by atoms with E-state index in [1.807, 2.05) is 19.1 Å². The van der Waals surface area contributed by atoms with Crippen molar-refractivity contribution in [2.45, 2.75) is 51.4 Å². The normalized spacial score (nSPS) is 23.1. The molecule has 2 aliphatic carbocycles. The molecule has 1 saturated carbocycles. The Morgan fingerprint density at radius 1 is 1.40 bits per heavy atom. The van der Waals surface area contributed by atoms with Gasteiger partial charge in [-0.1, -0.05) is 26.0 Å². The minimum Gasteiger partial charge on any atom is -0.351 e. The van der Waals surface area contributed by atoms with Crippen LogP contribution in [0.5, 0.6) is 0 Å². The van der Waals surface area contributed by atoms with Crippen LogP contribution in [0.4, 0.5) is 9.18 Å². The van der Waals surface area contributed by atoms with Crippen LogP contribution in [-0.4, -0.2) is 34.2 Å². The number of nitriles is 1. The fourth-order valence-corrected chi connectivity index (χ4v) is 5.63. The first-order chi connectivity index (χ1) is 14.2. The topological polar surface area (TPSA) is 95.9 Å². The summed E-state index contributed by atoms with van der Waals surface area (Å²) in [5.41, 5.74) is 8.89. The zero-order chi connectivity index (χ0) is 21.7. The van der Waals surface area contributed by atoms with Crippen LogP contribution in [0, 0.1) is 29.5 Å². The molecule has 2 aromatic rings. The fraction of sp³-hybridized carbons (Fsp3) is 0.478. The second kappa shape index (κ2) is 7.05. The number of fused-ring (bicyclic) bond motifs is 5. The van der Waals surface area contributed by atoms with Crippen molar-refractivity contribution < 1.29 is 9.18 Å². The van der Waals surface area contributed by atoms with Crippen molar-refractivity contribution in [1.82, 2.24) is 15.1 Å². The summed E-state index contributed by atoms with van der Waals surface area (Å²) < 4.78 is 14.5. The van der Waals surface area contributed by atoms with Gasteiger partial charge in [0.2, 0.25) is 0 Å². The number of hydrogen-bond donors (Lipinski definition) is 1. The molecule has 6 nitrogen and oxygen atoms in total. The van der Waals surface area contributed by atoms with Gasteiger partial charge in [0.25, 0.3) is 0 Å². The van der Waals surface area contributed by atoms with E-state index in [0.717, 1.165) is 29.7 Å². The van der Waals surface area contributed by atoms with Crippen LogP contribution in [0.3, 0.4) is 0 Å².